The summed E-state index contributed by atoms with van der Waals surface area (Å²) in [5, 5.41) is 12.5. The minimum atomic E-state index is -2.34. The van der Waals surface area contributed by atoms with Gasteiger partial charge in [0.05, 0.1) is 13.2 Å². The van der Waals surface area contributed by atoms with Crippen molar-refractivity contribution in [2.24, 2.45) is 11.3 Å². The molecule has 1 fully saturated rings. The minimum absolute atomic E-state index is 0.0608. The van der Waals surface area contributed by atoms with Crippen molar-refractivity contribution in [2.75, 3.05) is 32.8 Å². The molecule has 0 aromatic carbocycles. The summed E-state index contributed by atoms with van der Waals surface area (Å²) in [4.78, 5) is 1.71. The van der Waals surface area contributed by atoms with Gasteiger partial charge in [-0.05, 0) is 37.1 Å². The molecule has 0 spiro atoms. The summed E-state index contributed by atoms with van der Waals surface area (Å²) in [6.07, 6.45) is 0.995. The van der Waals surface area contributed by atoms with E-state index in [9.17, 15) is 8.78 Å². The number of nitrogens with zero attached hydrogens (tertiary/aromatic N) is 1. The predicted octanol–water partition coefficient (Wildman–Crippen LogP) is 2.35. The van der Waals surface area contributed by atoms with Crippen LogP contribution in [0.2, 0.25) is 0 Å². The largest absolute Gasteiger partial charge is 0.395 e. The maximum absolute atomic E-state index is 12.6. The average Bonchev–Trinajstić information content (AvgIpc) is 2.32. The predicted molar refractivity (Wildman–Crippen MR) is 78.1 cm³/mol. The lowest BCUT2D eigenvalue weighted by atomic mass is 9.69. The molecule has 0 aliphatic heterocycles. The van der Waals surface area contributed by atoms with Crippen LogP contribution in [0.5, 0.6) is 0 Å². The number of aliphatic hydroxyl groups is 1. The van der Waals surface area contributed by atoms with E-state index in [4.69, 9.17) is 5.11 Å². The van der Waals surface area contributed by atoms with E-state index in [2.05, 4.69) is 26.1 Å². The normalized spacial score (nSPS) is 26.4. The van der Waals surface area contributed by atoms with Crippen LogP contribution in [0.15, 0.2) is 0 Å². The molecule has 1 saturated carbocycles. The average molecular weight is 292 g/mol. The van der Waals surface area contributed by atoms with Crippen LogP contribution in [0.1, 0.15) is 40.0 Å². The van der Waals surface area contributed by atoms with Gasteiger partial charge in [0.25, 0.3) is 6.43 Å². The molecule has 1 rings (SSSR count). The molecule has 2 N–H and O–H groups in total. The summed E-state index contributed by atoms with van der Waals surface area (Å²) in [5.74, 6) is 0.379. The Balaban J connectivity index is 2.65. The monoisotopic (exact) mass is 292 g/mol. The summed E-state index contributed by atoms with van der Waals surface area (Å²) < 4.78 is 25.2. The fraction of sp³-hybridized carbons (Fsp3) is 1.00. The highest BCUT2D eigenvalue weighted by atomic mass is 19.3. The summed E-state index contributed by atoms with van der Waals surface area (Å²) in [5.41, 5.74) is 0.284. The number of alkyl halides is 2. The maximum atomic E-state index is 12.6. The van der Waals surface area contributed by atoms with E-state index >= 15 is 0 Å². The Hall–Kier alpha value is -0.260. The molecule has 20 heavy (non-hydrogen) atoms. The third-order valence-corrected chi connectivity index (χ3v) is 4.29. The molecule has 0 amide bonds. The fourth-order valence-corrected chi connectivity index (χ4v) is 3.38. The van der Waals surface area contributed by atoms with Crippen LogP contribution in [-0.4, -0.2) is 55.3 Å². The van der Waals surface area contributed by atoms with Crippen molar-refractivity contribution >= 4 is 0 Å². The molecule has 3 nitrogen and oxygen atoms in total. The SMILES string of the molecule is CCNC1CCC(C)(C)CC1CN(CCO)CC(F)F. The summed E-state index contributed by atoms with van der Waals surface area (Å²) >= 11 is 0. The van der Waals surface area contributed by atoms with E-state index in [-0.39, 0.29) is 18.6 Å². The Morgan fingerprint density at radius 1 is 1.40 bits per heavy atom. The Labute approximate surface area is 121 Å². The number of hydrogen-bond acceptors (Lipinski definition) is 3. The molecule has 5 heteroatoms. The van der Waals surface area contributed by atoms with Crippen LogP contribution in [-0.2, 0) is 0 Å². The number of nitrogens with one attached hydrogen (secondary N) is 1. The lowest BCUT2D eigenvalue weighted by Crippen LogP contribution is -2.48. The lowest BCUT2D eigenvalue weighted by molar-refractivity contribution is 0.0466. The number of rotatable bonds is 8. The van der Waals surface area contributed by atoms with E-state index < -0.39 is 6.43 Å². The lowest BCUT2D eigenvalue weighted by Gasteiger charge is -2.43. The standard InChI is InChI=1S/C15H30F2N2O/c1-4-18-13-5-6-15(2,3)9-12(13)10-19(7-8-20)11-14(16)17/h12-14,18,20H,4-11H2,1-3H3. The highest BCUT2D eigenvalue weighted by Crippen LogP contribution is 2.39. The zero-order valence-electron chi connectivity index (χ0n) is 13.0. The van der Waals surface area contributed by atoms with Gasteiger partial charge in [0.2, 0.25) is 0 Å². The molecule has 0 aromatic rings. The molecule has 0 heterocycles. The van der Waals surface area contributed by atoms with Gasteiger partial charge < -0.3 is 10.4 Å². The van der Waals surface area contributed by atoms with Crippen LogP contribution in [0, 0.1) is 11.3 Å². The first-order valence-corrected chi connectivity index (χ1v) is 7.72. The van der Waals surface area contributed by atoms with Crippen LogP contribution in [0.25, 0.3) is 0 Å². The van der Waals surface area contributed by atoms with Crippen molar-refractivity contribution in [1.29, 1.82) is 0 Å². The second-order valence-corrected chi connectivity index (χ2v) is 6.71. The van der Waals surface area contributed by atoms with Gasteiger partial charge in [-0.1, -0.05) is 20.8 Å². The Morgan fingerprint density at radius 3 is 2.65 bits per heavy atom. The van der Waals surface area contributed by atoms with Gasteiger partial charge in [-0.15, -0.1) is 0 Å². The zero-order valence-corrected chi connectivity index (χ0v) is 13.0. The fourth-order valence-electron chi connectivity index (χ4n) is 3.38. The van der Waals surface area contributed by atoms with Gasteiger partial charge in [0, 0.05) is 19.1 Å². The van der Waals surface area contributed by atoms with E-state index in [1.807, 2.05) is 0 Å². The minimum Gasteiger partial charge on any atom is -0.395 e. The van der Waals surface area contributed by atoms with Crippen molar-refractivity contribution < 1.29 is 13.9 Å². The number of aliphatic hydroxyl groups excluding tert-OH is 1. The Kier molecular flexibility index (Phi) is 7.34. The van der Waals surface area contributed by atoms with Crippen LogP contribution in [0.3, 0.4) is 0 Å². The molecule has 2 atom stereocenters. The van der Waals surface area contributed by atoms with Gasteiger partial charge in [0.15, 0.2) is 0 Å². The molecule has 1 aliphatic rings. The topological polar surface area (TPSA) is 35.5 Å². The van der Waals surface area contributed by atoms with Crippen molar-refractivity contribution in [1.82, 2.24) is 10.2 Å². The van der Waals surface area contributed by atoms with Crippen molar-refractivity contribution in [3.8, 4) is 0 Å². The van der Waals surface area contributed by atoms with Gasteiger partial charge in [-0.3, -0.25) is 4.90 Å². The van der Waals surface area contributed by atoms with Crippen LogP contribution in [0.4, 0.5) is 8.78 Å². The Bertz CT molecular complexity index is 275. The second-order valence-electron chi connectivity index (χ2n) is 6.71. The first-order valence-electron chi connectivity index (χ1n) is 7.72. The molecule has 0 aromatic heterocycles. The second kappa shape index (κ2) is 8.25. The molecular weight excluding hydrogens is 262 g/mol. The van der Waals surface area contributed by atoms with Crippen molar-refractivity contribution in [3.63, 3.8) is 0 Å². The first kappa shape index (κ1) is 17.8. The quantitative estimate of drug-likeness (QED) is 0.721. The highest BCUT2D eigenvalue weighted by molar-refractivity contribution is 4.90. The van der Waals surface area contributed by atoms with Crippen LogP contribution >= 0.6 is 0 Å². The summed E-state index contributed by atoms with van der Waals surface area (Å²) in [6, 6.07) is 0.409. The highest BCUT2D eigenvalue weighted by Gasteiger charge is 2.35. The number of hydrogen-bond donors (Lipinski definition) is 2. The molecule has 1 aliphatic carbocycles. The maximum Gasteiger partial charge on any atom is 0.251 e. The molecular formula is C15H30F2N2O. The molecule has 2 unspecified atom stereocenters. The summed E-state index contributed by atoms with van der Waals surface area (Å²) in [7, 11) is 0. The third-order valence-electron chi connectivity index (χ3n) is 4.29. The van der Waals surface area contributed by atoms with Crippen molar-refractivity contribution in [2.45, 2.75) is 52.5 Å². The Morgan fingerprint density at radius 2 is 2.10 bits per heavy atom. The van der Waals surface area contributed by atoms with Gasteiger partial charge in [-0.2, -0.15) is 0 Å². The molecule has 120 valence electrons. The van der Waals surface area contributed by atoms with Gasteiger partial charge in [0.1, 0.15) is 0 Å². The first-order chi connectivity index (χ1) is 9.38. The summed E-state index contributed by atoms with van der Waals surface area (Å²) in [6.45, 7) is 8.19. The van der Waals surface area contributed by atoms with E-state index in [1.54, 1.807) is 4.90 Å². The van der Waals surface area contributed by atoms with Crippen molar-refractivity contribution in [3.05, 3.63) is 0 Å². The number of halogens is 2. The van der Waals surface area contributed by atoms with E-state index in [0.29, 0.717) is 25.0 Å². The van der Waals surface area contributed by atoms with Gasteiger partial charge >= 0.3 is 0 Å². The smallest absolute Gasteiger partial charge is 0.251 e. The van der Waals surface area contributed by atoms with E-state index in [1.165, 1.54) is 6.42 Å². The zero-order chi connectivity index (χ0) is 15.2. The third kappa shape index (κ3) is 6.02. The molecule has 0 bridgehead atoms. The van der Waals surface area contributed by atoms with Crippen LogP contribution < -0.4 is 5.32 Å². The van der Waals surface area contributed by atoms with Gasteiger partial charge in [-0.25, -0.2) is 8.78 Å². The molecule has 0 radical (unpaired) electrons. The molecule has 0 saturated heterocycles. The van der Waals surface area contributed by atoms with E-state index in [0.717, 1.165) is 19.4 Å².